The summed E-state index contributed by atoms with van der Waals surface area (Å²) in [5.41, 5.74) is 1.68. The van der Waals surface area contributed by atoms with Crippen LogP contribution < -0.4 is 14.2 Å². The highest BCUT2D eigenvalue weighted by atomic mass is 32.1. The molecule has 4 rings (SSSR count). The average Bonchev–Trinajstić information content (AvgIpc) is 3.49. The molecule has 1 atom stereocenters. The first kappa shape index (κ1) is 23.4. The van der Waals surface area contributed by atoms with E-state index in [1.807, 2.05) is 18.2 Å². The molecule has 0 radical (unpaired) electrons. The van der Waals surface area contributed by atoms with E-state index >= 15 is 0 Å². The van der Waals surface area contributed by atoms with E-state index in [9.17, 15) is 14.7 Å². The van der Waals surface area contributed by atoms with Crippen molar-refractivity contribution in [2.75, 3.05) is 27.9 Å². The number of ether oxygens (including phenoxy) is 3. The van der Waals surface area contributed by atoms with Gasteiger partial charge in [0.25, 0.3) is 5.91 Å². The third-order valence-electron chi connectivity index (χ3n) is 5.79. The number of methoxy groups -OCH3 is 3. The van der Waals surface area contributed by atoms with Gasteiger partial charge >= 0.3 is 0 Å². The molecule has 0 saturated heterocycles. The van der Waals surface area contributed by atoms with Crippen LogP contribution in [0.4, 0.5) is 0 Å². The molecule has 2 heterocycles. The van der Waals surface area contributed by atoms with Crippen LogP contribution in [0.5, 0.6) is 17.2 Å². The van der Waals surface area contributed by atoms with Gasteiger partial charge in [-0.2, -0.15) is 0 Å². The summed E-state index contributed by atoms with van der Waals surface area (Å²) in [6, 6.07) is 15.5. The summed E-state index contributed by atoms with van der Waals surface area (Å²) in [6.45, 7) is 0.279. The summed E-state index contributed by atoms with van der Waals surface area (Å²) >= 11 is 1.27. The molecule has 0 fully saturated rings. The van der Waals surface area contributed by atoms with Gasteiger partial charge in [-0.1, -0.05) is 24.3 Å². The standard InChI is InChI=1S/C26H25NO6S/c1-31-18-7-4-6-17(15-18)23-22(24(28)21-8-5-13-34-21)25(29)26(30)27(23)12-11-16-9-10-19(32-2)20(14-16)33-3/h4-10,13-15,23,29H,11-12H2,1-3H3/t23-/m1/s1. The van der Waals surface area contributed by atoms with Crippen molar-refractivity contribution >= 4 is 23.0 Å². The summed E-state index contributed by atoms with van der Waals surface area (Å²) in [5.74, 6) is 0.348. The van der Waals surface area contributed by atoms with Gasteiger partial charge in [0, 0.05) is 6.54 Å². The summed E-state index contributed by atoms with van der Waals surface area (Å²) in [7, 11) is 4.69. The van der Waals surface area contributed by atoms with E-state index in [2.05, 4.69) is 0 Å². The Morgan fingerprint density at radius 2 is 1.79 bits per heavy atom. The fourth-order valence-electron chi connectivity index (χ4n) is 4.10. The number of benzene rings is 2. The van der Waals surface area contributed by atoms with Crippen molar-refractivity contribution in [3.05, 3.63) is 87.3 Å². The molecule has 0 unspecified atom stereocenters. The van der Waals surface area contributed by atoms with Crippen molar-refractivity contribution in [2.45, 2.75) is 12.5 Å². The first-order valence-electron chi connectivity index (χ1n) is 10.7. The lowest BCUT2D eigenvalue weighted by molar-refractivity contribution is -0.129. The van der Waals surface area contributed by atoms with Crippen LogP contribution in [0.1, 0.15) is 26.8 Å². The zero-order chi connectivity index (χ0) is 24.2. The Kier molecular flexibility index (Phi) is 6.88. The number of Topliss-reactive ketones (excluding diaryl/α,β-unsaturated/α-hetero) is 1. The monoisotopic (exact) mass is 479 g/mol. The highest BCUT2D eigenvalue weighted by molar-refractivity contribution is 7.12. The third kappa shape index (κ3) is 4.36. The molecule has 1 aliphatic heterocycles. The molecule has 3 aromatic rings. The number of rotatable bonds is 9. The van der Waals surface area contributed by atoms with Crippen molar-refractivity contribution in [3.8, 4) is 17.2 Å². The number of aliphatic hydroxyl groups excluding tert-OH is 1. The molecule has 8 heteroatoms. The predicted octanol–water partition coefficient (Wildman–Crippen LogP) is 4.59. The molecule has 0 aliphatic carbocycles. The Balaban J connectivity index is 1.69. The number of thiophene rings is 1. The summed E-state index contributed by atoms with van der Waals surface area (Å²) in [5, 5.41) is 12.6. The van der Waals surface area contributed by atoms with Gasteiger partial charge in [0.15, 0.2) is 17.3 Å². The number of nitrogens with zero attached hydrogens (tertiary/aromatic N) is 1. The van der Waals surface area contributed by atoms with Gasteiger partial charge in [0.2, 0.25) is 5.78 Å². The van der Waals surface area contributed by atoms with E-state index in [4.69, 9.17) is 14.2 Å². The van der Waals surface area contributed by atoms with Crippen molar-refractivity contribution in [1.82, 2.24) is 4.90 Å². The van der Waals surface area contributed by atoms with Crippen molar-refractivity contribution < 1.29 is 28.9 Å². The molecule has 1 amide bonds. The fourth-order valence-corrected chi connectivity index (χ4v) is 4.78. The second-order valence-electron chi connectivity index (χ2n) is 7.69. The molecule has 0 spiro atoms. The zero-order valence-electron chi connectivity index (χ0n) is 19.1. The highest BCUT2D eigenvalue weighted by Gasteiger charge is 2.43. The molecular weight excluding hydrogens is 454 g/mol. The van der Waals surface area contributed by atoms with Gasteiger partial charge in [-0.3, -0.25) is 9.59 Å². The Morgan fingerprint density at radius 1 is 1.00 bits per heavy atom. The second kappa shape index (κ2) is 10.0. The third-order valence-corrected chi connectivity index (χ3v) is 6.66. The van der Waals surface area contributed by atoms with Gasteiger partial charge in [0.1, 0.15) is 5.75 Å². The van der Waals surface area contributed by atoms with Crippen LogP contribution in [0, 0.1) is 0 Å². The quantitative estimate of drug-likeness (QED) is 0.452. The lowest BCUT2D eigenvalue weighted by atomic mass is 9.95. The molecule has 1 N–H and O–H groups in total. The van der Waals surface area contributed by atoms with Gasteiger partial charge < -0.3 is 24.2 Å². The molecule has 1 aliphatic rings. The molecule has 7 nitrogen and oxygen atoms in total. The van der Waals surface area contributed by atoms with E-state index in [-0.39, 0.29) is 17.9 Å². The second-order valence-corrected chi connectivity index (χ2v) is 8.63. The van der Waals surface area contributed by atoms with E-state index in [1.54, 1.807) is 63.1 Å². The van der Waals surface area contributed by atoms with Crippen LogP contribution in [0.2, 0.25) is 0 Å². The fraction of sp³-hybridized carbons (Fsp3) is 0.231. The Hall–Kier alpha value is -3.78. The average molecular weight is 480 g/mol. The normalized spacial score (nSPS) is 15.6. The van der Waals surface area contributed by atoms with Crippen LogP contribution in [0.25, 0.3) is 0 Å². The minimum absolute atomic E-state index is 0.0769. The number of carbonyl (C=O) groups excluding carboxylic acids is 2. The van der Waals surface area contributed by atoms with Gasteiger partial charge in [-0.05, 0) is 53.3 Å². The maximum atomic E-state index is 13.3. The Bertz CT molecular complexity index is 1230. The van der Waals surface area contributed by atoms with E-state index in [0.717, 1.165) is 5.56 Å². The largest absolute Gasteiger partial charge is 0.503 e. The molecular formula is C26H25NO6S. The Labute approximate surface area is 201 Å². The van der Waals surface area contributed by atoms with E-state index in [1.165, 1.54) is 16.2 Å². The molecule has 0 saturated carbocycles. The summed E-state index contributed by atoms with van der Waals surface area (Å²) in [4.78, 5) is 28.5. The van der Waals surface area contributed by atoms with Gasteiger partial charge in [-0.25, -0.2) is 0 Å². The number of carbonyl (C=O) groups is 2. The number of aliphatic hydroxyl groups is 1. The summed E-state index contributed by atoms with van der Waals surface area (Å²) < 4.78 is 16.0. The van der Waals surface area contributed by atoms with Crippen molar-refractivity contribution in [3.63, 3.8) is 0 Å². The van der Waals surface area contributed by atoms with Gasteiger partial charge in [0.05, 0.1) is 37.8 Å². The molecule has 0 bridgehead atoms. The number of ketones is 1. The molecule has 176 valence electrons. The first-order valence-corrected chi connectivity index (χ1v) is 11.5. The highest BCUT2D eigenvalue weighted by Crippen LogP contribution is 2.40. The smallest absolute Gasteiger partial charge is 0.290 e. The van der Waals surface area contributed by atoms with Crippen LogP contribution in [0.3, 0.4) is 0 Å². The molecule has 2 aromatic carbocycles. The van der Waals surface area contributed by atoms with E-state index < -0.39 is 17.7 Å². The lowest BCUT2D eigenvalue weighted by Gasteiger charge is -2.27. The van der Waals surface area contributed by atoms with Crippen molar-refractivity contribution in [1.29, 1.82) is 0 Å². The zero-order valence-corrected chi connectivity index (χ0v) is 19.9. The topological polar surface area (TPSA) is 85.3 Å². The van der Waals surface area contributed by atoms with Gasteiger partial charge in [-0.15, -0.1) is 11.3 Å². The van der Waals surface area contributed by atoms with Crippen LogP contribution in [0.15, 0.2) is 71.3 Å². The Morgan fingerprint density at radius 3 is 2.47 bits per heavy atom. The maximum Gasteiger partial charge on any atom is 0.290 e. The van der Waals surface area contributed by atoms with Crippen LogP contribution >= 0.6 is 11.3 Å². The predicted molar refractivity (Wildman–Crippen MR) is 129 cm³/mol. The number of amides is 1. The van der Waals surface area contributed by atoms with E-state index in [0.29, 0.717) is 34.1 Å². The SMILES string of the molecule is COc1cccc([C@@H]2C(C(=O)c3cccs3)=C(O)C(=O)N2CCc2ccc(OC)c(OC)c2)c1. The first-order chi connectivity index (χ1) is 16.5. The lowest BCUT2D eigenvalue weighted by Crippen LogP contribution is -2.33. The number of hydrogen-bond acceptors (Lipinski definition) is 7. The van der Waals surface area contributed by atoms with Crippen LogP contribution in [-0.4, -0.2) is 49.6 Å². The number of hydrogen-bond donors (Lipinski definition) is 1. The van der Waals surface area contributed by atoms with Crippen LogP contribution in [-0.2, 0) is 11.2 Å². The molecule has 34 heavy (non-hydrogen) atoms. The van der Waals surface area contributed by atoms with Crippen molar-refractivity contribution in [2.24, 2.45) is 0 Å². The minimum Gasteiger partial charge on any atom is -0.503 e. The minimum atomic E-state index is -0.739. The maximum absolute atomic E-state index is 13.3. The molecule has 1 aromatic heterocycles. The summed E-state index contributed by atoms with van der Waals surface area (Å²) in [6.07, 6.45) is 0.486.